The lowest BCUT2D eigenvalue weighted by atomic mass is 10.1. The molecular weight excluding hydrogens is 339 g/mol. The van der Waals surface area contributed by atoms with Crippen molar-refractivity contribution in [1.82, 2.24) is 4.98 Å². The lowest BCUT2D eigenvalue weighted by molar-refractivity contribution is 0.580. The third-order valence-electron chi connectivity index (χ3n) is 4.23. The lowest BCUT2D eigenvalue weighted by Crippen LogP contribution is -2.14. The Hall–Kier alpha value is -3.14. The molecule has 0 aliphatic carbocycles. The molecule has 4 aromatic rings. The van der Waals surface area contributed by atoms with Crippen molar-refractivity contribution in [1.29, 1.82) is 0 Å². The maximum absolute atomic E-state index is 11.9. The van der Waals surface area contributed by atoms with Gasteiger partial charge in [-0.25, -0.2) is 9.37 Å². The summed E-state index contributed by atoms with van der Waals surface area (Å²) >= 11 is 0. The highest BCUT2D eigenvalue weighted by Gasteiger charge is 2.12. The van der Waals surface area contributed by atoms with Gasteiger partial charge in [0.1, 0.15) is 11.5 Å². The summed E-state index contributed by atoms with van der Waals surface area (Å²) in [5, 5.41) is 4.65. The molecule has 0 bridgehead atoms. The molecule has 1 N–H and O–H groups in total. The Balaban J connectivity index is 0.000000253. The van der Waals surface area contributed by atoms with E-state index in [0.29, 0.717) is 6.04 Å². The van der Waals surface area contributed by atoms with Crippen molar-refractivity contribution in [2.24, 2.45) is 0 Å². The first kappa shape index (κ1) is 18.6. The first-order valence-corrected chi connectivity index (χ1v) is 9.08. The average molecular weight is 362 g/mol. The van der Waals surface area contributed by atoms with Crippen molar-refractivity contribution < 1.29 is 8.81 Å². The summed E-state index contributed by atoms with van der Waals surface area (Å²) in [6, 6.07) is 22.4. The highest BCUT2D eigenvalue weighted by molar-refractivity contribution is 5.87. The van der Waals surface area contributed by atoms with Crippen LogP contribution in [0.1, 0.15) is 20.3 Å². The predicted molar refractivity (Wildman–Crippen MR) is 109 cm³/mol. The van der Waals surface area contributed by atoms with Crippen molar-refractivity contribution >= 4 is 16.6 Å². The number of nitrogens with one attached hydrogen (secondary N) is 1. The molecule has 0 amide bonds. The molecule has 0 fully saturated rings. The molecule has 3 nitrogen and oxygen atoms in total. The van der Waals surface area contributed by atoms with Crippen LogP contribution >= 0.6 is 0 Å². The number of para-hydroxylation sites is 1. The molecule has 2 heterocycles. The number of pyridine rings is 1. The summed E-state index contributed by atoms with van der Waals surface area (Å²) < 4.78 is 17.4. The summed E-state index contributed by atoms with van der Waals surface area (Å²) in [6.45, 7) is 4.33. The molecule has 0 radical (unpaired) electrons. The molecule has 0 saturated heterocycles. The summed E-state index contributed by atoms with van der Waals surface area (Å²) in [4.78, 5) is 4.75. The number of benzene rings is 2. The second kappa shape index (κ2) is 8.99. The third-order valence-corrected chi connectivity index (χ3v) is 4.23. The van der Waals surface area contributed by atoms with Gasteiger partial charge in [-0.05, 0) is 49.7 Å². The van der Waals surface area contributed by atoms with E-state index in [2.05, 4.69) is 31.3 Å². The fourth-order valence-electron chi connectivity index (χ4n) is 2.61. The molecule has 4 rings (SSSR count). The van der Waals surface area contributed by atoms with E-state index in [1.165, 1.54) is 12.1 Å². The number of hydrogen-bond acceptors (Lipinski definition) is 3. The predicted octanol–water partition coefficient (Wildman–Crippen LogP) is 6.53. The van der Waals surface area contributed by atoms with Crippen LogP contribution in [0.25, 0.3) is 22.4 Å². The topological polar surface area (TPSA) is 38.1 Å². The van der Waals surface area contributed by atoms with E-state index in [0.717, 1.165) is 34.5 Å². The van der Waals surface area contributed by atoms with Crippen LogP contribution in [0.4, 0.5) is 10.1 Å². The van der Waals surface area contributed by atoms with Crippen molar-refractivity contribution in [3.05, 3.63) is 84.9 Å². The Labute approximate surface area is 158 Å². The van der Waals surface area contributed by atoms with Gasteiger partial charge in [-0.15, -0.1) is 0 Å². The number of fused-ring (bicyclic) bond motifs is 1. The van der Waals surface area contributed by atoms with Gasteiger partial charge < -0.3 is 9.73 Å². The minimum Gasteiger partial charge on any atom is -0.463 e. The maximum atomic E-state index is 11.9. The SMILES string of the molecule is CCC(C)Nc1cc2ccccc2nc1-c1ccco1.Fc1ccccc1. The van der Waals surface area contributed by atoms with Crippen LogP contribution in [-0.4, -0.2) is 11.0 Å². The maximum Gasteiger partial charge on any atom is 0.154 e. The van der Waals surface area contributed by atoms with Gasteiger partial charge in [-0.3, -0.25) is 0 Å². The molecule has 0 aliphatic rings. The Kier molecular flexibility index (Phi) is 6.21. The number of anilines is 1. The zero-order chi connectivity index (χ0) is 19.1. The minimum atomic E-state index is -0.178. The number of hydrogen-bond donors (Lipinski definition) is 1. The Bertz CT molecular complexity index is 968. The number of furan rings is 1. The van der Waals surface area contributed by atoms with Gasteiger partial charge in [0.25, 0.3) is 0 Å². The van der Waals surface area contributed by atoms with E-state index in [4.69, 9.17) is 9.40 Å². The van der Waals surface area contributed by atoms with Gasteiger partial charge in [0.15, 0.2) is 5.76 Å². The Morgan fingerprint density at radius 2 is 1.74 bits per heavy atom. The van der Waals surface area contributed by atoms with Crippen LogP contribution in [0, 0.1) is 5.82 Å². The minimum absolute atomic E-state index is 0.178. The van der Waals surface area contributed by atoms with Crippen LogP contribution in [-0.2, 0) is 0 Å². The molecule has 2 aromatic carbocycles. The van der Waals surface area contributed by atoms with Crippen LogP contribution < -0.4 is 5.32 Å². The summed E-state index contributed by atoms with van der Waals surface area (Å²) in [5.41, 5.74) is 2.87. The molecule has 138 valence electrons. The number of rotatable bonds is 4. The largest absolute Gasteiger partial charge is 0.463 e. The monoisotopic (exact) mass is 362 g/mol. The van der Waals surface area contributed by atoms with Crippen LogP contribution in [0.5, 0.6) is 0 Å². The van der Waals surface area contributed by atoms with Gasteiger partial charge in [0.2, 0.25) is 0 Å². The van der Waals surface area contributed by atoms with Gasteiger partial charge >= 0.3 is 0 Å². The molecule has 1 unspecified atom stereocenters. The van der Waals surface area contributed by atoms with Crippen LogP contribution in [0.3, 0.4) is 0 Å². The van der Waals surface area contributed by atoms with Gasteiger partial charge in [-0.1, -0.05) is 43.3 Å². The van der Waals surface area contributed by atoms with E-state index >= 15 is 0 Å². The summed E-state index contributed by atoms with van der Waals surface area (Å²) in [7, 11) is 0. The second-order valence-electron chi connectivity index (χ2n) is 6.30. The molecule has 0 saturated carbocycles. The van der Waals surface area contributed by atoms with Gasteiger partial charge in [0, 0.05) is 11.4 Å². The molecule has 0 spiro atoms. The standard InChI is InChI=1S/C17H18N2O.C6H5F/c1-3-12(2)18-15-11-13-7-4-5-8-14(13)19-17(15)16-9-6-10-20-16;7-6-4-2-1-3-5-6/h4-12,18H,3H2,1-2H3;1-5H. The Morgan fingerprint density at radius 3 is 2.37 bits per heavy atom. The summed E-state index contributed by atoms with van der Waals surface area (Å²) in [6.07, 6.45) is 2.74. The van der Waals surface area contributed by atoms with Gasteiger partial charge in [-0.2, -0.15) is 0 Å². The number of halogens is 1. The molecular formula is C23H23FN2O. The van der Waals surface area contributed by atoms with E-state index in [-0.39, 0.29) is 5.82 Å². The molecule has 0 aliphatic heterocycles. The van der Waals surface area contributed by atoms with Crippen molar-refractivity contribution in [2.45, 2.75) is 26.3 Å². The highest BCUT2D eigenvalue weighted by Crippen LogP contribution is 2.30. The highest BCUT2D eigenvalue weighted by atomic mass is 19.1. The van der Waals surface area contributed by atoms with Crippen molar-refractivity contribution in [2.75, 3.05) is 5.32 Å². The van der Waals surface area contributed by atoms with E-state index < -0.39 is 0 Å². The quantitative estimate of drug-likeness (QED) is 0.448. The first-order chi connectivity index (χ1) is 13.2. The fourth-order valence-corrected chi connectivity index (χ4v) is 2.61. The Morgan fingerprint density at radius 1 is 1.00 bits per heavy atom. The van der Waals surface area contributed by atoms with E-state index in [9.17, 15) is 4.39 Å². The molecule has 4 heteroatoms. The first-order valence-electron chi connectivity index (χ1n) is 9.08. The van der Waals surface area contributed by atoms with Gasteiger partial charge in [0.05, 0.1) is 17.5 Å². The zero-order valence-electron chi connectivity index (χ0n) is 15.5. The van der Waals surface area contributed by atoms with E-state index in [1.807, 2.05) is 30.3 Å². The fraction of sp³-hybridized carbons (Fsp3) is 0.174. The smallest absolute Gasteiger partial charge is 0.154 e. The molecule has 1 atom stereocenters. The second-order valence-corrected chi connectivity index (χ2v) is 6.30. The number of nitrogens with zero attached hydrogens (tertiary/aromatic N) is 1. The summed E-state index contributed by atoms with van der Waals surface area (Å²) in [5.74, 6) is 0.615. The zero-order valence-corrected chi connectivity index (χ0v) is 15.5. The lowest BCUT2D eigenvalue weighted by Gasteiger charge is -2.16. The van der Waals surface area contributed by atoms with E-state index in [1.54, 1.807) is 24.5 Å². The molecule has 2 aromatic heterocycles. The average Bonchev–Trinajstić information content (AvgIpc) is 3.23. The van der Waals surface area contributed by atoms with Crippen molar-refractivity contribution in [3.63, 3.8) is 0 Å². The molecule has 27 heavy (non-hydrogen) atoms. The van der Waals surface area contributed by atoms with Crippen molar-refractivity contribution in [3.8, 4) is 11.5 Å². The number of aromatic nitrogens is 1. The van der Waals surface area contributed by atoms with Crippen LogP contribution in [0.15, 0.2) is 83.5 Å². The van der Waals surface area contributed by atoms with Crippen LogP contribution in [0.2, 0.25) is 0 Å². The third kappa shape index (κ3) is 4.94. The normalized spacial score (nSPS) is 11.5.